The summed E-state index contributed by atoms with van der Waals surface area (Å²) in [4.78, 5) is 29.7. The highest BCUT2D eigenvalue weighted by Crippen LogP contribution is 2.25. The van der Waals surface area contributed by atoms with Gasteiger partial charge in [-0.15, -0.1) is 0 Å². The van der Waals surface area contributed by atoms with Gasteiger partial charge in [0.2, 0.25) is 5.91 Å². The molecule has 2 aromatic rings. The Morgan fingerprint density at radius 2 is 1.79 bits per heavy atom. The molecule has 2 amide bonds. The summed E-state index contributed by atoms with van der Waals surface area (Å²) in [5.41, 5.74) is 2.30. The second-order valence-electron chi connectivity index (χ2n) is 8.96. The van der Waals surface area contributed by atoms with Gasteiger partial charge in [0.05, 0.1) is 11.5 Å². The predicted octanol–water partition coefficient (Wildman–Crippen LogP) is 4.30. The van der Waals surface area contributed by atoms with E-state index in [1.807, 2.05) is 18.2 Å². The summed E-state index contributed by atoms with van der Waals surface area (Å²) >= 11 is 0. The number of halogens is 2. The predicted molar refractivity (Wildman–Crippen MR) is 127 cm³/mol. The molecule has 1 N–H and O–H groups in total. The van der Waals surface area contributed by atoms with E-state index < -0.39 is 12.5 Å². The third-order valence-electron chi connectivity index (χ3n) is 6.29. The first kappa shape index (κ1) is 25.6. The van der Waals surface area contributed by atoms with Crippen LogP contribution in [0.25, 0.3) is 0 Å². The SMILES string of the molecule is CC(C)N(C)Cc1ccccc1CNC(=O)C1CCCN(C(=O)c2ccccc2OC(F)F)C1. The van der Waals surface area contributed by atoms with Crippen LogP contribution in [0.5, 0.6) is 5.75 Å². The number of para-hydroxylation sites is 1. The molecule has 8 heteroatoms. The highest BCUT2D eigenvalue weighted by molar-refractivity contribution is 5.97. The number of carbonyl (C=O) groups excluding carboxylic acids is 2. The van der Waals surface area contributed by atoms with E-state index in [0.29, 0.717) is 32.0 Å². The van der Waals surface area contributed by atoms with E-state index in [4.69, 9.17) is 0 Å². The van der Waals surface area contributed by atoms with Gasteiger partial charge in [-0.05, 0) is 57.0 Å². The summed E-state index contributed by atoms with van der Waals surface area (Å²) < 4.78 is 30.0. The Labute approximate surface area is 199 Å². The summed E-state index contributed by atoms with van der Waals surface area (Å²) in [5.74, 6) is -1.03. The number of hydrogen-bond donors (Lipinski definition) is 1. The van der Waals surface area contributed by atoms with Crippen LogP contribution in [-0.4, -0.2) is 54.4 Å². The third-order valence-corrected chi connectivity index (χ3v) is 6.29. The fourth-order valence-corrected chi connectivity index (χ4v) is 4.05. The Hall–Kier alpha value is -3.00. The molecule has 1 fully saturated rings. The first-order valence-electron chi connectivity index (χ1n) is 11.6. The number of ether oxygens (including phenoxy) is 1. The molecule has 1 aliphatic rings. The maximum atomic E-state index is 13.0. The lowest BCUT2D eigenvalue weighted by atomic mass is 9.96. The van der Waals surface area contributed by atoms with Crippen molar-refractivity contribution in [3.05, 3.63) is 65.2 Å². The van der Waals surface area contributed by atoms with Crippen LogP contribution in [-0.2, 0) is 17.9 Å². The van der Waals surface area contributed by atoms with Crippen LogP contribution in [0.1, 0.15) is 48.2 Å². The zero-order chi connectivity index (χ0) is 24.7. The Morgan fingerprint density at radius 1 is 1.12 bits per heavy atom. The lowest BCUT2D eigenvalue weighted by molar-refractivity contribution is -0.126. The van der Waals surface area contributed by atoms with E-state index in [1.54, 1.807) is 11.0 Å². The zero-order valence-corrected chi connectivity index (χ0v) is 20.0. The smallest absolute Gasteiger partial charge is 0.387 e. The molecule has 0 bridgehead atoms. The Kier molecular flexibility index (Phi) is 8.98. The first-order valence-corrected chi connectivity index (χ1v) is 11.6. The van der Waals surface area contributed by atoms with Gasteiger partial charge in [0.15, 0.2) is 0 Å². The van der Waals surface area contributed by atoms with Crippen molar-refractivity contribution in [2.45, 2.75) is 52.4 Å². The van der Waals surface area contributed by atoms with Crippen molar-refractivity contribution in [2.24, 2.45) is 5.92 Å². The van der Waals surface area contributed by atoms with Gasteiger partial charge >= 0.3 is 6.61 Å². The highest BCUT2D eigenvalue weighted by atomic mass is 19.3. The molecule has 6 nitrogen and oxygen atoms in total. The van der Waals surface area contributed by atoms with Gasteiger partial charge in [-0.25, -0.2) is 0 Å². The number of hydrogen-bond acceptors (Lipinski definition) is 4. The van der Waals surface area contributed by atoms with Crippen LogP contribution >= 0.6 is 0 Å². The summed E-state index contributed by atoms with van der Waals surface area (Å²) in [5, 5.41) is 3.03. The van der Waals surface area contributed by atoms with Crippen molar-refractivity contribution in [3.8, 4) is 5.75 Å². The third kappa shape index (κ3) is 6.76. The molecular weight excluding hydrogens is 440 g/mol. The van der Waals surface area contributed by atoms with Crippen LogP contribution in [0.2, 0.25) is 0 Å². The fourth-order valence-electron chi connectivity index (χ4n) is 4.05. The van der Waals surface area contributed by atoms with Gasteiger partial charge in [0.25, 0.3) is 5.91 Å². The van der Waals surface area contributed by atoms with E-state index in [2.05, 4.69) is 41.9 Å². The topological polar surface area (TPSA) is 61.9 Å². The highest BCUT2D eigenvalue weighted by Gasteiger charge is 2.30. The number of carbonyl (C=O) groups is 2. The Bertz CT molecular complexity index is 983. The standard InChI is InChI=1S/C26H33F2N3O3/c1-18(2)30(3)16-20-10-5-4-9-19(20)15-29-24(32)21-11-8-14-31(17-21)25(33)22-12-6-7-13-23(22)34-26(27)28/h4-7,9-10,12-13,18,21,26H,8,11,14-17H2,1-3H3,(H,29,32). The number of alkyl halides is 2. The minimum atomic E-state index is -3.02. The van der Waals surface area contributed by atoms with Gasteiger partial charge in [-0.2, -0.15) is 8.78 Å². The molecule has 0 aromatic heterocycles. The molecule has 0 radical (unpaired) electrons. The Morgan fingerprint density at radius 3 is 2.50 bits per heavy atom. The van der Waals surface area contributed by atoms with Gasteiger partial charge < -0.3 is 15.0 Å². The van der Waals surface area contributed by atoms with E-state index >= 15 is 0 Å². The number of rotatable bonds is 9. The molecule has 2 aromatic carbocycles. The molecule has 0 spiro atoms. The molecule has 3 rings (SSSR count). The molecule has 34 heavy (non-hydrogen) atoms. The molecule has 184 valence electrons. The minimum Gasteiger partial charge on any atom is -0.434 e. The van der Waals surface area contributed by atoms with Crippen molar-refractivity contribution in [1.82, 2.24) is 15.1 Å². The average Bonchev–Trinajstić information content (AvgIpc) is 2.82. The molecule has 1 unspecified atom stereocenters. The minimum absolute atomic E-state index is 0.0760. The van der Waals surface area contributed by atoms with Crippen LogP contribution in [0.3, 0.4) is 0 Å². The van der Waals surface area contributed by atoms with Crippen molar-refractivity contribution in [3.63, 3.8) is 0 Å². The van der Waals surface area contributed by atoms with Crippen LogP contribution in [0, 0.1) is 5.92 Å². The number of nitrogens with zero attached hydrogens (tertiary/aromatic N) is 2. The molecule has 1 saturated heterocycles. The quantitative estimate of drug-likeness (QED) is 0.590. The van der Waals surface area contributed by atoms with Crippen molar-refractivity contribution in [1.29, 1.82) is 0 Å². The molecule has 1 heterocycles. The van der Waals surface area contributed by atoms with Gasteiger partial charge in [0, 0.05) is 32.2 Å². The van der Waals surface area contributed by atoms with E-state index in [0.717, 1.165) is 17.7 Å². The molecule has 1 atom stereocenters. The van der Waals surface area contributed by atoms with Gasteiger partial charge in [-0.3, -0.25) is 14.5 Å². The summed E-state index contributed by atoms with van der Waals surface area (Å²) in [7, 11) is 2.07. The summed E-state index contributed by atoms with van der Waals surface area (Å²) in [6, 6.07) is 14.4. The van der Waals surface area contributed by atoms with Crippen LogP contribution in [0.4, 0.5) is 8.78 Å². The molecule has 0 saturated carbocycles. The first-order chi connectivity index (χ1) is 16.3. The number of benzene rings is 2. The number of piperidine rings is 1. The van der Waals surface area contributed by atoms with E-state index in [1.165, 1.54) is 18.2 Å². The van der Waals surface area contributed by atoms with Gasteiger partial charge in [-0.1, -0.05) is 36.4 Å². The van der Waals surface area contributed by atoms with Crippen molar-refractivity contribution < 1.29 is 23.1 Å². The normalized spacial score (nSPS) is 16.2. The fraction of sp³-hybridized carbons (Fsp3) is 0.462. The maximum Gasteiger partial charge on any atom is 0.387 e. The summed E-state index contributed by atoms with van der Waals surface area (Å²) in [6.45, 7) is 3.17. The zero-order valence-electron chi connectivity index (χ0n) is 20.0. The van der Waals surface area contributed by atoms with Crippen molar-refractivity contribution >= 4 is 11.8 Å². The van der Waals surface area contributed by atoms with Gasteiger partial charge in [0.1, 0.15) is 5.75 Å². The van der Waals surface area contributed by atoms with Crippen LogP contribution in [0.15, 0.2) is 48.5 Å². The summed E-state index contributed by atoms with van der Waals surface area (Å²) in [6.07, 6.45) is 1.33. The van der Waals surface area contributed by atoms with E-state index in [-0.39, 0.29) is 29.7 Å². The second kappa shape index (κ2) is 11.9. The number of likely N-dealkylation sites (tertiary alicyclic amines) is 1. The maximum absolute atomic E-state index is 13.0. The lowest BCUT2D eigenvalue weighted by Gasteiger charge is -2.32. The Balaban J connectivity index is 1.62. The van der Waals surface area contributed by atoms with Crippen molar-refractivity contribution in [2.75, 3.05) is 20.1 Å². The van der Waals surface area contributed by atoms with Crippen LogP contribution < -0.4 is 10.1 Å². The largest absolute Gasteiger partial charge is 0.434 e. The molecule has 1 aliphatic heterocycles. The lowest BCUT2D eigenvalue weighted by Crippen LogP contribution is -2.45. The molecular formula is C26H33F2N3O3. The monoisotopic (exact) mass is 473 g/mol. The second-order valence-corrected chi connectivity index (χ2v) is 8.96. The number of amides is 2. The average molecular weight is 474 g/mol. The number of nitrogens with one attached hydrogen (secondary N) is 1. The van der Waals surface area contributed by atoms with E-state index in [9.17, 15) is 18.4 Å². The molecule has 0 aliphatic carbocycles.